The van der Waals surface area contributed by atoms with Crippen molar-refractivity contribution in [1.82, 2.24) is 0 Å². The molecule has 1 atom stereocenters. The van der Waals surface area contributed by atoms with Crippen molar-refractivity contribution in [3.63, 3.8) is 0 Å². The molecule has 0 unspecified atom stereocenters. The van der Waals surface area contributed by atoms with Crippen molar-refractivity contribution in [2.45, 2.75) is 32.0 Å². The third kappa shape index (κ3) is 3.81. The number of halogens is 4. The third-order valence-corrected chi connectivity index (χ3v) is 2.37. The molecule has 0 fully saturated rings. The van der Waals surface area contributed by atoms with Gasteiger partial charge in [0.1, 0.15) is 5.82 Å². The molecule has 0 saturated heterocycles. The number of alkyl halides is 3. The van der Waals surface area contributed by atoms with Crippen molar-refractivity contribution in [3.05, 3.63) is 35.1 Å². The molecule has 0 heterocycles. The molecule has 0 bridgehead atoms. The summed E-state index contributed by atoms with van der Waals surface area (Å²) >= 11 is 0. The lowest BCUT2D eigenvalue weighted by Gasteiger charge is -2.15. The van der Waals surface area contributed by atoms with Crippen LogP contribution in [0.3, 0.4) is 0 Å². The van der Waals surface area contributed by atoms with Crippen molar-refractivity contribution in [3.8, 4) is 0 Å². The predicted octanol–water partition coefficient (Wildman–Crippen LogP) is 3.48. The van der Waals surface area contributed by atoms with Crippen LogP contribution in [-0.4, -0.2) is 6.18 Å². The lowest BCUT2D eigenvalue weighted by atomic mass is 9.98. The van der Waals surface area contributed by atoms with Crippen molar-refractivity contribution in [1.29, 1.82) is 0 Å². The van der Waals surface area contributed by atoms with Crippen LogP contribution in [0, 0.1) is 12.7 Å². The first-order chi connectivity index (χ1) is 7.29. The minimum atomic E-state index is -4.20. The van der Waals surface area contributed by atoms with E-state index in [1.165, 1.54) is 18.2 Å². The van der Waals surface area contributed by atoms with Gasteiger partial charge in [-0.25, -0.2) is 4.39 Å². The maximum Gasteiger partial charge on any atom is 0.389 e. The summed E-state index contributed by atoms with van der Waals surface area (Å²) in [6.45, 7) is 1.63. The zero-order valence-corrected chi connectivity index (χ0v) is 8.81. The highest BCUT2D eigenvalue weighted by atomic mass is 19.4. The van der Waals surface area contributed by atoms with Crippen LogP contribution in [0.5, 0.6) is 0 Å². The molecule has 0 aliphatic heterocycles. The largest absolute Gasteiger partial charge is 0.389 e. The zero-order valence-electron chi connectivity index (χ0n) is 8.81. The van der Waals surface area contributed by atoms with Gasteiger partial charge >= 0.3 is 6.18 Å². The van der Waals surface area contributed by atoms with E-state index in [4.69, 9.17) is 5.73 Å². The van der Waals surface area contributed by atoms with Crippen LogP contribution in [0.4, 0.5) is 17.6 Å². The molecule has 0 aromatic heterocycles. The molecule has 0 saturated carbocycles. The van der Waals surface area contributed by atoms with Gasteiger partial charge in [-0.3, -0.25) is 0 Å². The summed E-state index contributed by atoms with van der Waals surface area (Å²) in [7, 11) is 0. The van der Waals surface area contributed by atoms with Crippen LogP contribution in [0.1, 0.15) is 30.0 Å². The molecular weight excluding hydrogens is 222 g/mol. The number of nitrogens with two attached hydrogens (primary N) is 1. The van der Waals surface area contributed by atoms with Crippen LogP contribution >= 0.6 is 0 Å². The first-order valence-corrected chi connectivity index (χ1v) is 4.88. The third-order valence-electron chi connectivity index (χ3n) is 2.37. The van der Waals surface area contributed by atoms with Crippen LogP contribution in [-0.2, 0) is 0 Å². The van der Waals surface area contributed by atoms with Gasteiger partial charge < -0.3 is 5.73 Å². The Labute approximate surface area is 91.3 Å². The Bertz CT molecular complexity index is 359. The van der Waals surface area contributed by atoms with Gasteiger partial charge in [-0.1, -0.05) is 6.07 Å². The quantitative estimate of drug-likeness (QED) is 0.797. The van der Waals surface area contributed by atoms with Crippen molar-refractivity contribution >= 4 is 0 Å². The summed E-state index contributed by atoms with van der Waals surface area (Å²) < 4.78 is 48.7. The Kier molecular flexibility index (Phi) is 3.91. The first-order valence-electron chi connectivity index (χ1n) is 4.88. The van der Waals surface area contributed by atoms with E-state index < -0.39 is 24.5 Å². The smallest absolute Gasteiger partial charge is 0.324 e. The van der Waals surface area contributed by atoms with Gasteiger partial charge in [0.15, 0.2) is 0 Å². The molecule has 1 aromatic carbocycles. The molecule has 0 radical (unpaired) electrons. The lowest BCUT2D eigenvalue weighted by molar-refractivity contribution is -0.136. The molecule has 1 aromatic rings. The Morgan fingerprint density at radius 1 is 1.31 bits per heavy atom. The average molecular weight is 235 g/mol. The summed E-state index contributed by atoms with van der Waals surface area (Å²) in [5.41, 5.74) is 6.77. The lowest BCUT2D eigenvalue weighted by Crippen LogP contribution is -2.16. The summed E-state index contributed by atoms with van der Waals surface area (Å²) in [6.07, 6.45) is -5.31. The molecule has 0 amide bonds. The Morgan fingerprint density at radius 2 is 1.94 bits per heavy atom. The van der Waals surface area contributed by atoms with Gasteiger partial charge in [0.25, 0.3) is 0 Å². The maximum atomic E-state index is 12.8. The number of hydrogen-bond donors (Lipinski definition) is 1. The van der Waals surface area contributed by atoms with E-state index in [0.717, 1.165) is 0 Å². The summed E-state index contributed by atoms with van der Waals surface area (Å²) in [4.78, 5) is 0. The monoisotopic (exact) mass is 235 g/mol. The van der Waals surface area contributed by atoms with Crippen LogP contribution < -0.4 is 5.73 Å². The highest BCUT2D eigenvalue weighted by Gasteiger charge is 2.28. The fourth-order valence-corrected chi connectivity index (χ4v) is 1.53. The van der Waals surface area contributed by atoms with E-state index in [1.807, 2.05) is 0 Å². The van der Waals surface area contributed by atoms with E-state index in [1.54, 1.807) is 6.92 Å². The molecular formula is C11H13F4N. The first kappa shape index (κ1) is 13.0. The van der Waals surface area contributed by atoms with Crippen molar-refractivity contribution in [2.75, 3.05) is 0 Å². The second-order valence-corrected chi connectivity index (χ2v) is 3.76. The van der Waals surface area contributed by atoms with Gasteiger partial charge in [0, 0.05) is 12.5 Å². The molecule has 5 heteroatoms. The molecule has 1 nitrogen and oxygen atoms in total. The number of hydrogen-bond acceptors (Lipinski definition) is 1. The maximum absolute atomic E-state index is 12.8. The van der Waals surface area contributed by atoms with Gasteiger partial charge in [0.05, 0.1) is 0 Å². The van der Waals surface area contributed by atoms with Gasteiger partial charge in [0.2, 0.25) is 0 Å². The minimum Gasteiger partial charge on any atom is -0.324 e. The normalized spacial score (nSPS) is 13.9. The number of aryl methyl sites for hydroxylation is 1. The summed E-state index contributed by atoms with van der Waals surface area (Å²) in [5, 5.41) is 0. The van der Waals surface area contributed by atoms with Gasteiger partial charge in [-0.05, 0) is 36.6 Å². The Morgan fingerprint density at radius 3 is 2.44 bits per heavy atom. The average Bonchev–Trinajstić information content (AvgIpc) is 2.13. The Hall–Kier alpha value is -1.10. The number of rotatable bonds is 3. The fourth-order valence-electron chi connectivity index (χ4n) is 1.53. The highest BCUT2D eigenvalue weighted by molar-refractivity contribution is 5.29. The molecule has 90 valence electrons. The van der Waals surface area contributed by atoms with E-state index in [2.05, 4.69) is 0 Å². The predicted molar refractivity (Wildman–Crippen MR) is 53.4 cm³/mol. The minimum absolute atomic E-state index is 0.185. The van der Waals surface area contributed by atoms with E-state index in [-0.39, 0.29) is 6.42 Å². The van der Waals surface area contributed by atoms with Crippen LogP contribution in [0.25, 0.3) is 0 Å². The van der Waals surface area contributed by atoms with Gasteiger partial charge in [-0.15, -0.1) is 0 Å². The van der Waals surface area contributed by atoms with Crippen molar-refractivity contribution < 1.29 is 17.6 Å². The molecule has 1 rings (SSSR count). The van der Waals surface area contributed by atoms with Crippen LogP contribution in [0.2, 0.25) is 0 Å². The second-order valence-electron chi connectivity index (χ2n) is 3.76. The van der Waals surface area contributed by atoms with E-state index >= 15 is 0 Å². The SMILES string of the molecule is Cc1cc(F)ccc1[C@@H](N)CCC(F)(F)F. The van der Waals surface area contributed by atoms with Crippen molar-refractivity contribution in [2.24, 2.45) is 5.73 Å². The molecule has 2 N–H and O–H groups in total. The fraction of sp³-hybridized carbons (Fsp3) is 0.455. The Balaban J connectivity index is 2.70. The van der Waals surface area contributed by atoms with Gasteiger partial charge in [-0.2, -0.15) is 13.2 Å². The van der Waals surface area contributed by atoms with E-state index in [0.29, 0.717) is 11.1 Å². The molecule has 0 spiro atoms. The van der Waals surface area contributed by atoms with E-state index in [9.17, 15) is 17.6 Å². The number of benzene rings is 1. The molecule has 0 aliphatic carbocycles. The highest BCUT2D eigenvalue weighted by Crippen LogP contribution is 2.27. The van der Waals surface area contributed by atoms with Crippen LogP contribution in [0.15, 0.2) is 18.2 Å². The molecule has 16 heavy (non-hydrogen) atoms. The molecule has 0 aliphatic rings. The standard InChI is InChI=1S/C11H13F4N/c1-7-6-8(12)2-3-9(7)10(16)4-5-11(13,14)15/h2-3,6,10H,4-5,16H2,1H3/t10-/m0/s1. The topological polar surface area (TPSA) is 26.0 Å². The summed E-state index contributed by atoms with van der Waals surface area (Å²) in [5.74, 6) is -0.413. The summed E-state index contributed by atoms with van der Waals surface area (Å²) in [6, 6.07) is 3.20. The zero-order chi connectivity index (χ0) is 12.3. The second kappa shape index (κ2) is 4.82.